The minimum atomic E-state index is -0.568. The van der Waals surface area contributed by atoms with Gasteiger partial charge in [0.15, 0.2) is 0 Å². The van der Waals surface area contributed by atoms with E-state index in [9.17, 15) is 5.11 Å². The van der Waals surface area contributed by atoms with E-state index in [1.54, 1.807) is 0 Å². The molecule has 2 nitrogen and oxygen atoms in total. The molecule has 1 saturated carbocycles. The summed E-state index contributed by atoms with van der Waals surface area (Å²) in [5.41, 5.74) is 3.10. The third-order valence-corrected chi connectivity index (χ3v) is 3.75. The Bertz CT molecular complexity index is 570. The van der Waals surface area contributed by atoms with Crippen LogP contribution in [-0.4, -0.2) is 11.2 Å². The molecule has 0 amide bonds. The maximum atomic E-state index is 10.5. The smallest absolute Gasteiger partial charge is 0.119 e. The van der Waals surface area contributed by atoms with Gasteiger partial charge in [-0.2, -0.15) is 0 Å². The summed E-state index contributed by atoms with van der Waals surface area (Å²) >= 11 is 0. The molecule has 2 heteroatoms. The molecule has 0 aliphatic heterocycles. The second-order valence-corrected chi connectivity index (χ2v) is 5.34. The van der Waals surface area contributed by atoms with Crippen LogP contribution < -0.4 is 4.74 Å². The molecular weight excluding hydrogens is 248 g/mol. The normalized spacial score (nSPS) is 15.9. The minimum Gasteiger partial charge on any atom is -0.490 e. The highest BCUT2D eigenvalue weighted by atomic mass is 16.5. The molecule has 1 aliphatic carbocycles. The van der Waals surface area contributed by atoms with Crippen molar-refractivity contribution in [2.75, 3.05) is 0 Å². The maximum absolute atomic E-state index is 10.5. The molecule has 0 saturated heterocycles. The van der Waals surface area contributed by atoms with Gasteiger partial charge >= 0.3 is 0 Å². The second-order valence-electron chi connectivity index (χ2n) is 5.34. The van der Waals surface area contributed by atoms with Gasteiger partial charge in [-0.15, -0.1) is 0 Å². The molecule has 1 fully saturated rings. The quantitative estimate of drug-likeness (QED) is 0.892. The summed E-state index contributed by atoms with van der Waals surface area (Å²) in [6.07, 6.45) is 3.09. The highest BCUT2D eigenvalue weighted by molar-refractivity contribution is 5.38. The van der Waals surface area contributed by atoms with E-state index in [4.69, 9.17) is 4.74 Å². The van der Waals surface area contributed by atoms with E-state index in [1.807, 2.05) is 42.5 Å². The van der Waals surface area contributed by atoms with Crippen LogP contribution in [0.1, 0.15) is 42.6 Å². The first-order valence-corrected chi connectivity index (χ1v) is 7.30. The van der Waals surface area contributed by atoms with Crippen molar-refractivity contribution in [2.45, 2.75) is 38.4 Å². The van der Waals surface area contributed by atoms with Crippen LogP contribution in [0.3, 0.4) is 0 Å². The van der Waals surface area contributed by atoms with E-state index in [1.165, 1.54) is 5.56 Å². The summed E-state index contributed by atoms with van der Waals surface area (Å²) in [7, 11) is 0. The van der Waals surface area contributed by atoms with E-state index in [-0.39, 0.29) is 0 Å². The van der Waals surface area contributed by atoms with Crippen LogP contribution in [0.15, 0.2) is 48.5 Å². The van der Waals surface area contributed by atoms with E-state index in [0.29, 0.717) is 6.10 Å². The van der Waals surface area contributed by atoms with Crippen LogP contribution in [0.2, 0.25) is 0 Å². The summed E-state index contributed by atoms with van der Waals surface area (Å²) in [5, 5.41) is 10.5. The molecule has 20 heavy (non-hydrogen) atoms. The van der Waals surface area contributed by atoms with Crippen LogP contribution in [0.25, 0.3) is 0 Å². The van der Waals surface area contributed by atoms with Crippen molar-refractivity contribution in [3.8, 4) is 5.75 Å². The molecule has 0 radical (unpaired) electrons. The zero-order chi connectivity index (χ0) is 13.9. The van der Waals surface area contributed by atoms with E-state index in [0.717, 1.165) is 36.1 Å². The average molecular weight is 268 g/mol. The van der Waals surface area contributed by atoms with Crippen LogP contribution in [-0.2, 0) is 6.42 Å². The number of ether oxygens (including phenoxy) is 1. The van der Waals surface area contributed by atoms with E-state index >= 15 is 0 Å². The van der Waals surface area contributed by atoms with Crippen LogP contribution in [0.4, 0.5) is 0 Å². The van der Waals surface area contributed by atoms with Crippen LogP contribution in [0.5, 0.6) is 5.75 Å². The number of rotatable bonds is 5. The lowest BCUT2D eigenvalue weighted by Crippen LogP contribution is -2.03. The molecule has 2 aromatic rings. The maximum Gasteiger partial charge on any atom is 0.119 e. The second kappa shape index (κ2) is 5.68. The van der Waals surface area contributed by atoms with Crippen molar-refractivity contribution in [1.82, 2.24) is 0 Å². The number of hydrogen-bond acceptors (Lipinski definition) is 2. The van der Waals surface area contributed by atoms with Gasteiger partial charge in [-0.3, -0.25) is 0 Å². The molecule has 1 unspecified atom stereocenters. The predicted octanol–water partition coefficient (Wildman–Crippen LogP) is 3.87. The Hall–Kier alpha value is -1.80. The molecular formula is C18H20O2. The standard InChI is InChI=1S/C18H20O2/c1-2-13-5-3-4-6-17(13)18(19)14-7-9-15(10-8-14)20-16-11-12-16/h3-10,16,18-19H,2,11-12H2,1H3. The Morgan fingerprint density at radius 1 is 1.10 bits per heavy atom. The first-order chi connectivity index (χ1) is 9.78. The van der Waals surface area contributed by atoms with Crippen molar-refractivity contribution in [3.05, 3.63) is 65.2 Å². The van der Waals surface area contributed by atoms with Gasteiger partial charge in [-0.05, 0) is 48.1 Å². The average Bonchev–Trinajstić information content (AvgIpc) is 3.31. The Kier molecular flexibility index (Phi) is 3.75. The SMILES string of the molecule is CCc1ccccc1C(O)c1ccc(OC2CC2)cc1. The molecule has 0 aromatic heterocycles. The first kappa shape index (κ1) is 13.2. The fourth-order valence-electron chi connectivity index (χ4n) is 2.41. The molecule has 0 bridgehead atoms. The van der Waals surface area contributed by atoms with E-state index < -0.39 is 6.10 Å². The van der Waals surface area contributed by atoms with Crippen molar-refractivity contribution < 1.29 is 9.84 Å². The monoisotopic (exact) mass is 268 g/mol. The summed E-state index contributed by atoms with van der Waals surface area (Å²) in [4.78, 5) is 0. The molecule has 1 atom stereocenters. The lowest BCUT2D eigenvalue weighted by atomic mass is 9.95. The zero-order valence-corrected chi connectivity index (χ0v) is 11.8. The molecule has 0 spiro atoms. The summed E-state index contributed by atoms with van der Waals surface area (Å²) in [5.74, 6) is 0.896. The molecule has 1 N–H and O–H groups in total. The lowest BCUT2D eigenvalue weighted by Gasteiger charge is -2.15. The van der Waals surface area contributed by atoms with Gasteiger partial charge in [-0.25, -0.2) is 0 Å². The Labute approximate surface area is 120 Å². The third kappa shape index (κ3) is 2.86. The first-order valence-electron chi connectivity index (χ1n) is 7.30. The number of aliphatic hydroxyl groups is 1. The molecule has 0 heterocycles. The van der Waals surface area contributed by atoms with Crippen LogP contribution >= 0.6 is 0 Å². The molecule has 3 rings (SSSR count). The van der Waals surface area contributed by atoms with Crippen molar-refractivity contribution in [1.29, 1.82) is 0 Å². The fourth-order valence-corrected chi connectivity index (χ4v) is 2.41. The lowest BCUT2D eigenvalue weighted by molar-refractivity contribution is 0.219. The van der Waals surface area contributed by atoms with Gasteiger partial charge in [0.2, 0.25) is 0 Å². The van der Waals surface area contributed by atoms with Crippen molar-refractivity contribution in [2.24, 2.45) is 0 Å². The highest BCUT2D eigenvalue weighted by Gasteiger charge is 2.23. The Morgan fingerprint density at radius 2 is 1.80 bits per heavy atom. The zero-order valence-electron chi connectivity index (χ0n) is 11.8. The van der Waals surface area contributed by atoms with E-state index in [2.05, 4.69) is 13.0 Å². The highest BCUT2D eigenvalue weighted by Crippen LogP contribution is 2.29. The van der Waals surface area contributed by atoms with Crippen molar-refractivity contribution >= 4 is 0 Å². The summed E-state index contributed by atoms with van der Waals surface area (Å²) in [6, 6.07) is 15.9. The Morgan fingerprint density at radius 3 is 2.45 bits per heavy atom. The number of benzene rings is 2. The van der Waals surface area contributed by atoms with Crippen LogP contribution in [0, 0.1) is 0 Å². The van der Waals surface area contributed by atoms with Gasteiger partial charge < -0.3 is 9.84 Å². The number of aliphatic hydroxyl groups excluding tert-OH is 1. The molecule has 2 aromatic carbocycles. The summed E-state index contributed by atoms with van der Waals surface area (Å²) < 4.78 is 5.73. The van der Waals surface area contributed by atoms with Gasteiger partial charge in [0.1, 0.15) is 11.9 Å². The summed E-state index contributed by atoms with van der Waals surface area (Å²) in [6.45, 7) is 2.11. The Balaban J connectivity index is 1.80. The van der Waals surface area contributed by atoms with Gasteiger partial charge in [0.25, 0.3) is 0 Å². The van der Waals surface area contributed by atoms with Gasteiger partial charge in [-0.1, -0.05) is 43.3 Å². The fraction of sp³-hybridized carbons (Fsp3) is 0.333. The minimum absolute atomic E-state index is 0.409. The molecule has 104 valence electrons. The third-order valence-electron chi connectivity index (χ3n) is 3.75. The van der Waals surface area contributed by atoms with Gasteiger partial charge in [0.05, 0.1) is 6.10 Å². The largest absolute Gasteiger partial charge is 0.490 e. The number of aryl methyl sites for hydroxylation is 1. The van der Waals surface area contributed by atoms with Gasteiger partial charge in [0, 0.05) is 0 Å². The number of hydrogen-bond donors (Lipinski definition) is 1. The predicted molar refractivity (Wildman–Crippen MR) is 80.0 cm³/mol. The molecule has 1 aliphatic rings. The van der Waals surface area contributed by atoms with Crippen molar-refractivity contribution in [3.63, 3.8) is 0 Å². The topological polar surface area (TPSA) is 29.5 Å².